The highest BCUT2D eigenvalue weighted by atomic mass is 15.2. The molecule has 17 heavy (non-hydrogen) atoms. The smallest absolute Gasteiger partial charge is 0.142 e. The number of nitriles is 1. The minimum absolute atomic E-state index is 0.171. The van der Waals surface area contributed by atoms with Gasteiger partial charge in [0.1, 0.15) is 11.9 Å². The van der Waals surface area contributed by atoms with E-state index in [1.54, 1.807) is 0 Å². The lowest BCUT2D eigenvalue weighted by atomic mass is 10.1. The summed E-state index contributed by atoms with van der Waals surface area (Å²) in [6.45, 7) is 6.07. The molecule has 0 amide bonds. The lowest BCUT2D eigenvalue weighted by molar-refractivity contribution is 0.193. The van der Waals surface area contributed by atoms with Crippen LogP contribution in [-0.4, -0.2) is 27.5 Å². The number of rotatable bonds is 2. The predicted octanol–water partition coefficient (Wildman–Crippen LogP) is 2.09. The van der Waals surface area contributed by atoms with E-state index in [0.717, 1.165) is 30.3 Å². The van der Waals surface area contributed by atoms with Gasteiger partial charge in [-0.1, -0.05) is 6.42 Å². The molecule has 2 heterocycles. The summed E-state index contributed by atoms with van der Waals surface area (Å²) in [6, 6.07) is 2.25. The molecule has 0 aliphatic carbocycles. The van der Waals surface area contributed by atoms with Crippen molar-refractivity contribution in [2.24, 2.45) is 7.05 Å². The minimum Gasteiger partial charge on any atom is -0.335 e. The Morgan fingerprint density at radius 2 is 1.88 bits per heavy atom. The second-order valence-electron chi connectivity index (χ2n) is 4.82. The first kappa shape index (κ1) is 12.1. The van der Waals surface area contributed by atoms with E-state index >= 15 is 0 Å². The third kappa shape index (κ3) is 2.20. The summed E-state index contributed by atoms with van der Waals surface area (Å²) < 4.78 is 2.06. The molecule has 0 radical (unpaired) electrons. The molecule has 1 aromatic heterocycles. The Morgan fingerprint density at radius 1 is 1.24 bits per heavy atom. The van der Waals surface area contributed by atoms with E-state index in [0.29, 0.717) is 0 Å². The Bertz CT molecular complexity index is 435. The molecule has 1 aliphatic rings. The fraction of sp³-hybridized carbons (Fsp3) is 0.692. The molecule has 4 heteroatoms. The second kappa shape index (κ2) is 4.89. The monoisotopic (exact) mass is 232 g/mol. The number of hydrogen-bond acceptors (Lipinski definition) is 3. The SMILES string of the molecule is Cc1nc(C(C#N)N2CCCCC2)c(C)n1C. The number of nitrogens with zero attached hydrogens (tertiary/aromatic N) is 4. The van der Waals surface area contributed by atoms with Gasteiger partial charge < -0.3 is 4.57 Å². The van der Waals surface area contributed by atoms with Crippen LogP contribution in [0.3, 0.4) is 0 Å². The molecule has 1 aromatic rings. The molecule has 1 saturated heterocycles. The van der Waals surface area contributed by atoms with Crippen molar-refractivity contribution in [3.8, 4) is 6.07 Å². The summed E-state index contributed by atoms with van der Waals surface area (Å²) in [4.78, 5) is 6.82. The first-order chi connectivity index (χ1) is 8.15. The molecule has 0 saturated carbocycles. The summed E-state index contributed by atoms with van der Waals surface area (Å²) in [5, 5.41) is 9.42. The van der Waals surface area contributed by atoms with Crippen molar-refractivity contribution in [2.45, 2.75) is 39.2 Å². The first-order valence-corrected chi connectivity index (χ1v) is 6.28. The number of aryl methyl sites for hydroxylation is 1. The minimum atomic E-state index is -0.171. The maximum absolute atomic E-state index is 9.42. The van der Waals surface area contributed by atoms with E-state index in [1.165, 1.54) is 19.3 Å². The zero-order valence-electron chi connectivity index (χ0n) is 10.9. The lowest BCUT2D eigenvalue weighted by Crippen LogP contribution is -2.33. The predicted molar refractivity (Wildman–Crippen MR) is 66.5 cm³/mol. The molecule has 1 aliphatic heterocycles. The van der Waals surface area contributed by atoms with Gasteiger partial charge in [-0.25, -0.2) is 4.98 Å². The summed E-state index contributed by atoms with van der Waals surface area (Å²) in [7, 11) is 2.01. The van der Waals surface area contributed by atoms with Crippen molar-refractivity contribution in [3.63, 3.8) is 0 Å². The number of aromatic nitrogens is 2. The molecule has 0 bridgehead atoms. The van der Waals surface area contributed by atoms with Crippen LogP contribution in [0.25, 0.3) is 0 Å². The first-order valence-electron chi connectivity index (χ1n) is 6.28. The van der Waals surface area contributed by atoms with Gasteiger partial charge in [0.25, 0.3) is 0 Å². The van der Waals surface area contributed by atoms with Crippen LogP contribution >= 0.6 is 0 Å². The van der Waals surface area contributed by atoms with Crippen molar-refractivity contribution in [3.05, 3.63) is 17.2 Å². The van der Waals surface area contributed by atoms with E-state index in [4.69, 9.17) is 0 Å². The van der Waals surface area contributed by atoms with E-state index in [-0.39, 0.29) is 6.04 Å². The summed E-state index contributed by atoms with van der Waals surface area (Å²) in [5.74, 6) is 0.981. The molecule has 1 unspecified atom stereocenters. The van der Waals surface area contributed by atoms with Gasteiger partial charge in [-0.3, -0.25) is 4.90 Å². The Labute approximate surface area is 103 Å². The van der Waals surface area contributed by atoms with Crippen molar-refractivity contribution >= 4 is 0 Å². The lowest BCUT2D eigenvalue weighted by Gasteiger charge is -2.29. The standard InChI is InChI=1S/C13H20N4/c1-10-13(15-11(2)16(10)3)12(9-14)17-7-5-4-6-8-17/h12H,4-8H2,1-3H3. The van der Waals surface area contributed by atoms with E-state index < -0.39 is 0 Å². The number of likely N-dealkylation sites (tertiary alicyclic amines) is 1. The average molecular weight is 232 g/mol. The Hall–Kier alpha value is -1.34. The third-order valence-corrected chi connectivity index (χ3v) is 3.78. The van der Waals surface area contributed by atoms with Crippen LogP contribution in [0.4, 0.5) is 0 Å². The molecule has 92 valence electrons. The number of imidazole rings is 1. The zero-order valence-corrected chi connectivity index (χ0v) is 10.9. The zero-order chi connectivity index (χ0) is 12.4. The fourth-order valence-electron chi connectivity index (χ4n) is 2.50. The summed E-state index contributed by atoms with van der Waals surface area (Å²) in [6.07, 6.45) is 3.68. The second-order valence-corrected chi connectivity index (χ2v) is 4.82. The van der Waals surface area contributed by atoms with Crippen LogP contribution in [0, 0.1) is 25.2 Å². The van der Waals surface area contributed by atoms with Gasteiger partial charge in [0.05, 0.1) is 11.8 Å². The van der Waals surface area contributed by atoms with E-state index in [1.807, 2.05) is 20.9 Å². The summed E-state index contributed by atoms with van der Waals surface area (Å²) >= 11 is 0. The molecular weight excluding hydrogens is 212 g/mol. The normalized spacial score (nSPS) is 18.9. The quantitative estimate of drug-likeness (QED) is 0.784. The topological polar surface area (TPSA) is 44.9 Å². The Balaban J connectivity index is 2.28. The molecule has 0 N–H and O–H groups in total. The van der Waals surface area contributed by atoms with Crippen LogP contribution in [0.2, 0.25) is 0 Å². The van der Waals surface area contributed by atoms with E-state index in [2.05, 4.69) is 20.5 Å². The van der Waals surface area contributed by atoms with E-state index in [9.17, 15) is 5.26 Å². The van der Waals surface area contributed by atoms with Gasteiger partial charge >= 0.3 is 0 Å². The molecule has 4 nitrogen and oxygen atoms in total. The third-order valence-electron chi connectivity index (χ3n) is 3.78. The van der Waals surface area contributed by atoms with Crippen LogP contribution in [0.15, 0.2) is 0 Å². The van der Waals surface area contributed by atoms with Gasteiger partial charge in [-0.2, -0.15) is 5.26 Å². The molecule has 0 spiro atoms. The van der Waals surface area contributed by atoms with Gasteiger partial charge in [0, 0.05) is 12.7 Å². The summed E-state index contributed by atoms with van der Waals surface area (Å²) in [5.41, 5.74) is 2.05. The highest BCUT2D eigenvalue weighted by molar-refractivity contribution is 5.24. The van der Waals surface area contributed by atoms with Crippen molar-refractivity contribution in [1.29, 1.82) is 5.26 Å². The van der Waals surface area contributed by atoms with Gasteiger partial charge in [-0.05, 0) is 39.8 Å². The van der Waals surface area contributed by atoms with Gasteiger partial charge in [-0.15, -0.1) is 0 Å². The molecule has 1 atom stereocenters. The van der Waals surface area contributed by atoms with Crippen molar-refractivity contribution in [1.82, 2.24) is 14.5 Å². The largest absolute Gasteiger partial charge is 0.335 e. The van der Waals surface area contributed by atoms with Crippen LogP contribution in [-0.2, 0) is 7.05 Å². The van der Waals surface area contributed by atoms with Crippen LogP contribution < -0.4 is 0 Å². The average Bonchev–Trinajstić information content (AvgIpc) is 2.60. The molecule has 1 fully saturated rings. The highest BCUT2D eigenvalue weighted by Crippen LogP contribution is 2.25. The maximum Gasteiger partial charge on any atom is 0.142 e. The Morgan fingerprint density at radius 3 is 2.35 bits per heavy atom. The van der Waals surface area contributed by atoms with Crippen LogP contribution in [0.1, 0.15) is 42.5 Å². The molecule has 2 rings (SSSR count). The fourth-order valence-corrected chi connectivity index (χ4v) is 2.50. The molecule has 0 aromatic carbocycles. The maximum atomic E-state index is 9.42. The molecular formula is C13H20N4. The van der Waals surface area contributed by atoms with Crippen molar-refractivity contribution in [2.75, 3.05) is 13.1 Å². The Kier molecular flexibility index (Phi) is 3.49. The number of piperidine rings is 1. The van der Waals surface area contributed by atoms with Gasteiger partial charge in [0.15, 0.2) is 0 Å². The number of hydrogen-bond donors (Lipinski definition) is 0. The van der Waals surface area contributed by atoms with Crippen molar-refractivity contribution < 1.29 is 0 Å². The van der Waals surface area contributed by atoms with Gasteiger partial charge in [0.2, 0.25) is 0 Å². The van der Waals surface area contributed by atoms with Crippen LogP contribution in [0.5, 0.6) is 0 Å². The highest BCUT2D eigenvalue weighted by Gasteiger charge is 2.26.